The highest BCUT2D eigenvalue weighted by molar-refractivity contribution is 14.0. The first-order valence-electron chi connectivity index (χ1n) is 8.79. The van der Waals surface area contributed by atoms with Crippen molar-refractivity contribution in [3.63, 3.8) is 0 Å². The predicted molar refractivity (Wildman–Crippen MR) is 115 cm³/mol. The number of aromatic nitrogens is 4. The van der Waals surface area contributed by atoms with Crippen molar-refractivity contribution in [3.05, 3.63) is 34.6 Å². The minimum Gasteiger partial charge on any atom is -0.357 e. The standard InChI is InChI=1S/C17H26ClN7.HI/c1-4-19-17(24(3)12-14-9-13(18)11-23(14)2)20-10-16-22-21-15-7-5-6-8-25(15)16;/h9,11H,4-8,10,12H2,1-3H3,(H,19,20);1H. The third-order valence-electron chi connectivity index (χ3n) is 4.48. The molecule has 3 rings (SSSR count). The number of guanidine groups is 1. The lowest BCUT2D eigenvalue weighted by Gasteiger charge is -2.22. The van der Waals surface area contributed by atoms with Crippen LogP contribution in [-0.4, -0.2) is 43.8 Å². The van der Waals surface area contributed by atoms with Crippen LogP contribution in [0.3, 0.4) is 0 Å². The zero-order valence-corrected chi connectivity index (χ0v) is 18.7. The fourth-order valence-electron chi connectivity index (χ4n) is 3.14. The maximum atomic E-state index is 6.08. The maximum Gasteiger partial charge on any atom is 0.194 e. The molecule has 0 spiro atoms. The lowest BCUT2D eigenvalue weighted by Crippen LogP contribution is -2.38. The van der Waals surface area contributed by atoms with E-state index in [2.05, 4.69) is 31.9 Å². The van der Waals surface area contributed by atoms with Crippen LogP contribution in [0, 0.1) is 0 Å². The van der Waals surface area contributed by atoms with Gasteiger partial charge in [0.1, 0.15) is 12.4 Å². The number of rotatable bonds is 5. The van der Waals surface area contributed by atoms with Crippen LogP contribution >= 0.6 is 35.6 Å². The molecule has 0 fully saturated rings. The van der Waals surface area contributed by atoms with Crippen LogP contribution in [-0.2, 0) is 33.1 Å². The van der Waals surface area contributed by atoms with Crippen LogP contribution in [0.1, 0.15) is 37.1 Å². The highest BCUT2D eigenvalue weighted by atomic mass is 127. The van der Waals surface area contributed by atoms with Gasteiger partial charge in [0.2, 0.25) is 0 Å². The molecule has 1 aliphatic heterocycles. The summed E-state index contributed by atoms with van der Waals surface area (Å²) in [6.07, 6.45) is 5.32. The van der Waals surface area contributed by atoms with Crippen molar-refractivity contribution in [2.75, 3.05) is 13.6 Å². The number of hydrogen-bond acceptors (Lipinski definition) is 3. The van der Waals surface area contributed by atoms with Crippen LogP contribution in [0.5, 0.6) is 0 Å². The summed E-state index contributed by atoms with van der Waals surface area (Å²) in [5.74, 6) is 2.89. The summed E-state index contributed by atoms with van der Waals surface area (Å²) in [5.41, 5.74) is 1.14. The van der Waals surface area contributed by atoms with Gasteiger partial charge in [0.05, 0.1) is 11.6 Å². The molecule has 1 N–H and O–H groups in total. The van der Waals surface area contributed by atoms with E-state index in [9.17, 15) is 0 Å². The van der Waals surface area contributed by atoms with Crippen molar-refractivity contribution in [3.8, 4) is 0 Å². The Morgan fingerprint density at radius 3 is 2.88 bits per heavy atom. The van der Waals surface area contributed by atoms with Crippen molar-refractivity contribution >= 4 is 41.5 Å². The fraction of sp³-hybridized carbons (Fsp3) is 0.588. The molecule has 0 unspecified atom stereocenters. The first-order valence-corrected chi connectivity index (χ1v) is 9.17. The van der Waals surface area contributed by atoms with E-state index in [0.29, 0.717) is 6.54 Å². The smallest absolute Gasteiger partial charge is 0.194 e. The van der Waals surface area contributed by atoms with Crippen LogP contribution < -0.4 is 5.32 Å². The van der Waals surface area contributed by atoms with Gasteiger partial charge in [-0.15, -0.1) is 34.2 Å². The highest BCUT2D eigenvalue weighted by Crippen LogP contribution is 2.16. The van der Waals surface area contributed by atoms with Gasteiger partial charge in [0, 0.05) is 45.5 Å². The molecule has 0 saturated carbocycles. The lowest BCUT2D eigenvalue weighted by molar-refractivity contribution is 0.460. The van der Waals surface area contributed by atoms with Gasteiger partial charge >= 0.3 is 0 Å². The molecule has 0 aromatic carbocycles. The molecule has 0 amide bonds. The van der Waals surface area contributed by atoms with Crippen molar-refractivity contribution < 1.29 is 0 Å². The molecule has 26 heavy (non-hydrogen) atoms. The second-order valence-corrected chi connectivity index (χ2v) is 6.86. The van der Waals surface area contributed by atoms with Gasteiger partial charge in [-0.3, -0.25) is 0 Å². The predicted octanol–water partition coefficient (Wildman–Crippen LogP) is 2.82. The molecule has 144 valence electrons. The molecule has 1 aliphatic rings. The zero-order chi connectivity index (χ0) is 17.8. The quantitative estimate of drug-likeness (QED) is 0.397. The van der Waals surface area contributed by atoms with E-state index >= 15 is 0 Å². The van der Waals surface area contributed by atoms with Crippen LogP contribution in [0.25, 0.3) is 0 Å². The molecular formula is C17H27ClIN7. The average Bonchev–Trinajstić information content (AvgIpc) is 3.14. The first kappa shape index (κ1) is 21.0. The van der Waals surface area contributed by atoms with E-state index in [0.717, 1.165) is 54.4 Å². The number of nitrogens with one attached hydrogen (secondary N) is 1. The Morgan fingerprint density at radius 2 is 2.19 bits per heavy atom. The summed E-state index contributed by atoms with van der Waals surface area (Å²) in [5, 5.41) is 12.7. The van der Waals surface area contributed by atoms with Gasteiger partial charge < -0.3 is 19.4 Å². The van der Waals surface area contributed by atoms with E-state index in [4.69, 9.17) is 16.6 Å². The molecule has 2 aromatic rings. The molecule has 0 aliphatic carbocycles. The molecular weight excluding hydrogens is 465 g/mol. The maximum absolute atomic E-state index is 6.08. The number of nitrogens with zero attached hydrogens (tertiary/aromatic N) is 6. The molecule has 0 radical (unpaired) electrons. The second kappa shape index (κ2) is 9.59. The number of hydrogen-bond donors (Lipinski definition) is 1. The van der Waals surface area contributed by atoms with Crippen molar-refractivity contribution in [2.24, 2.45) is 12.0 Å². The number of aliphatic imine (C=N–C) groups is 1. The lowest BCUT2D eigenvalue weighted by atomic mass is 10.2. The summed E-state index contributed by atoms with van der Waals surface area (Å²) < 4.78 is 4.25. The molecule has 2 aromatic heterocycles. The van der Waals surface area contributed by atoms with Gasteiger partial charge in [-0.05, 0) is 25.8 Å². The van der Waals surface area contributed by atoms with Crippen molar-refractivity contribution in [1.29, 1.82) is 0 Å². The monoisotopic (exact) mass is 491 g/mol. The van der Waals surface area contributed by atoms with Crippen LogP contribution in [0.4, 0.5) is 0 Å². The Morgan fingerprint density at radius 1 is 1.38 bits per heavy atom. The van der Waals surface area contributed by atoms with Crippen molar-refractivity contribution in [1.82, 2.24) is 29.5 Å². The van der Waals surface area contributed by atoms with E-state index in [1.165, 1.54) is 12.8 Å². The Kier molecular flexibility index (Phi) is 7.75. The molecule has 0 saturated heterocycles. The normalized spacial score (nSPS) is 13.9. The largest absolute Gasteiger partial charge is 0.357 e. The fourth-order valence-corrected chi connectivity index (χ4v) is 3.41. The van der Waals surface area contributed by atoms with Gasteiger partial charge in [-0.2, -0.15) is 0 Å². The topological polar surface area (TPSA) is 63.3 Å². The van der Waals surface area contributed by atoms with Gasteiger partial charge in [-0.1, -0.05) is 11.6 Å². The first-order chi connectivity index (χ1) is 12.1. The van der Waals surface area contributed by atoms with Crippen LogP contribution in [0.2, 0.25) is 5.02 Å². The van der Waals surface area contributed by atoms with Gasteiger partial charge in [-0.25, -0.2) is 4.99 Å². The van der Waals surface area contributed by atoms with E-state index in [-0.39, 0.29) is 24.0 Å². The molecule has 0 atom stereocenters. The summed E-state index contributed by atoms with van der Waals surface area (Å²) >= 11 is 6.08. The number of halogens is 2. The Bertz CT molecular complexity index is 752. The summed E-state index contributed by atoms with van der Waals surface area (Å²) in [6.45, 7) is 5.15. The summed E-state index contributed by atoms with van der Waals surface area (Å²) in [7, 11) is 4.03. The third kappa shape index (κ3) is 4.91. The third-order valence-corrected chi connectivity index (χ3v) is 4.68. The second-order valence-electron chi connectivity index (χ2n) is 6.43. The zero-order valence-electron chi connectivity index (χ0n) is 15.6. The number of fused-ring (bicyclic) bond motifs is 1. The average molecular weight is 492 g/mol. The minimum atomic E-state index is 0. The van der Waals surface area contributed by atoms with Crippen LogP contribution in [0.15, 0.2) is 17.3 Å². The summed E-state index contributed by atoms with van der Waals surface area (Å²) in [4.78, 5) is 6.86. The Balaban J connectivity index is 0.00000243. The van der Waals surface area contributed by atoms with Crippen molar-refractivity contribution in [2.45, 2.75) is 45.8 Å². The van der Waals surface area contributed by atoms with E-state index < -0.39 is 0 Å². The number of aryl methyl sites for hydroxylation is 2. The molecule has 3 heterocycles. The molecule has 0 bridgehead atoms. The summed E-state index contributed by atoms with van der Waals surface area (Å²) in [6, 6.07) is 1.98. The molecule has 7 nitrogen and oxygen atoms in total. The Labute approximate surface area is 176 Å². The SMILES string of the molecule is CCNC(=NCc1nnc2n1CCCC2)N(C)Cc1cc(Cl)cn1C.I. The van der Waals surface area contributed by atoms with Gasteiger partial charge in [0.25, 0.3) is 0 Å². The minimum absolute atomic E-state index is 0. The van der Waals surface area contributed by atoms with E-state index in [1.807, 2.05) is 30.9 Å². The van der Waals surface area contributed by atoms with Gasteiger partial charge in [0.15, 0.2) is 11.8 Å². The van der Waals surface area contributed by atoms with E-state index in [1.54, 1.807) is 0 Å². The molecule has 9 heteroatoms. The Hall–Kier alpha value is -1.29. The highest BCUT2D eigenvalue weighted by Gasteiger charge is 2.16.